The number of ether oxygens (including phenoxy) is 7. The van der Waals surface area contributed by atoms with Crippen molar-refractivity contribution in [2.45, 2.75) is 148 Å². The van der Waals surface area contributed by atoms with Crippen molar-refractivity contribution in [2.24, 2.45) is 93.2 Å². The summed E-state index contributed by atoms with van der Waals surface area (Å²) in [6.07, 6.45) is 10.1. The molecule has 17 atom stereocenters. The molecule has 13 heteroatoms. The van der Waals surface area contributed by atoms with Crippen molar-refractivity contribution in [3.8, 4) is 0 Å². The lowest BCUT2D eigenvalue weighted by atomic mass is 9.42. The van der Waals surface area contributed by atoms with Crippen LogP contribution in [0, 0.1) is 93.2 Å². The Bertz CT molecular complexity index is 1820. The molecule has 334 valence electrons. The third kappa shape index (κ3) is 6.24. The van der Waals surface area contributed by atoms with Gasteiger partial charge >= 0.3 is 35.8 Å². The minimum atomic E-state index is -1.13. The van der Waals surface area contributed by atoms with Gasteiger partial charge in [0, 0.05) is 31.6 Å². The van der Waals surface area contributed by atoms with E-state index in [1.807, 2.05) is 0 Å². The molecule has 0 aromatic carbocycles. The van der Waals surface area contributed by atoms with E-state index in [4.69, 9.17) is 33.2 Å². The van der Waals surface area contributed by atoms with Crippen LogP contribution in [0.25, 0.3) is 0 Å². The van der Waals surface area contributed by atoms with Crippen LogP contribution in [-0.4, -0.2) is 73.8 Å². The van der Waals surface area contributed by atoms with Gasteiger partial charge in [-0.05, 0) is 144 Å². The SMILES string of the molecule is CC1C(=O)OC(=O)C1C1C2CCC(C2)C1C(C)(CC1C(C)C2CC1C1COC(=O)C21)C(=O)OC12CC3CC(C(=O)OC4CCCCO4)(C1)CC(C(=O)OC1CCCCO1)(C3)C2. The quantitative estimate of drug-likeness (QED) is 0.134. The van der Waals surface area contributed by atoms with E-state index in [2.05, 4.69) is 13.8 Å². The molecule has 0 spiro atoms. The van der Waals surface area contributed by atoms with Crippen molar-refractivity contribution in [3.63, 3.8) is 0 Å². The number of hydrogen-bond donors (Lipinski definition) is 0. The highest BCUT2D eigenvalue weighted by molar-refractivity contribution is 5.96. The summed E-state index contributed by atoms with van der Waals surface area (Å²) in [5, 5.41) is 0. The van der Waals surface area contributed by atoms with Gasteiger partial charge < -0.3 is 33.2 Å². The Morgan fingerprint density at radius 1 is 0.721 bits per heavy atom. The third-order valence-corrected chi connectivity index (χ3v) is 19.2. The maximum atomic E-state index is 16.0. The van der Waals surface area contributed by atoms with Crippen LogP contribution in [0.5, 0.6) is 0 Å². The van der Waals surface area contributed by atoms with Crippen LogP contribution in [0.3, 0.4) is 0 Å². The predicted octanol–water partition coefficient (Wildman–Crippen LogP) is 6.46. The highest BCUT2D eigenvalue weighted by Gasteiger charge is 2.73. The predicted molar refractivity (Wildman–Crippen MR) is 211 cm³/mol. The summed E-state index contributed by atoms with van der Waals surface area (Å²) in [4.78, 5) is 84.8. The fraction of sp³-hybridized carbons (Fsp3) is 0.875. The molecule has 8 bridgehead atoms. The second kappa shape index (κ2) is 14.5. The summed E-state index contributed by atoms with van der Waals surface area (Å²) in [5.74, 6) is -2.91. The van der Waals surface area contributed by atoms with Crippen LogP contribution in [-0.2, 0) is 61.9 Å². The van der Waals surface area contributed by atoms with Gasteiger partial charge in [0.05, 0.1) is 53.8 Å². The van der Waals surface area contributed by atoms with Gasteiger partial charge in [-0.3, -0.25) is 28.8 Å². The fourth-order valence-corrected chi connectivity index (χ4v) is 17.2. The Balaban J connectivity index is 0.958. The molecule has 8 aliphatic carbocycles. The molecule has 17 unspecified atom stereocenters. The Hall–Kier alpha value is -3.06. The molecule has 0 radical (unpaired) electrons. The Labute approximate surface area is 358 Å². The van der Waals surface area contributed by atoms with Gasteiger partial charge in [-0.15, -0.1) is 0 Å². The highest BCUT2D eigenvalue weighted by atomic mass is 16.7. The minimum absolute atomic E-state index is 0.0762. The molecule has 4 aliphatic heterocycles. The molecule has 0 aromatic rings. The molecule has 4 heterocycles. The molecular formula is C48H64O13. The van der Waals surface area contributed by atoms with Crippen molar-refractivity contribution in [3.05, 3.63) is 0 Å². The number of carbonyl (C=O) groups excluding carboxylic acids is 6. The van der Waals surface area contributed by atoms with Gasteiger partial charge in [-0.25, -0.2) is 0 Å². The van der Waals surface area contributed by atoms with Crippen molar-refractivity contribution >= 4 is 35.8 Å². The first kappa shape index (κ1) is 40.7. The Morgan fingerprint density at radius 3 is 1.98 bits per heavy atom. The van der Waals surface area contributed by atoms with Crippen LogP contribution in [0.2, 0.25) is 0 Å². The summed E-state index contributed by atoms with van der Waals surface area (Å²) in [6, 6.07) is 0. The standard InChI is InChI=1S/C48H64O13/c1-24-29-15-30(32-20-57-40(50)37(29)32)31(24)19-45(3,38-28-11-10-27(14-28)36(38)35-25(2)39(49)60-41(35)51)42(52)61-48-18-26-16-46(22-48,43(53)58-33-8-4-6-12-55-33)21-47(17-26,23-48)44(54)59-34-9-5-7-13-56-34/h24-38H,4-23H2,1-3H3. The fourth-order valence-electron chi connectivity index (χ4n) is 17.2. The summed E-state index contributed by atoms with van der Waals surface area (Å²) < 4.78 is 42.2. The number of esters is 6. The number of carbonyl (C=O) groups is 6. The minimum Gasteiger partial charge on any atom is -0.465 e. The zero-order chi connectivity index (χ0) is 42.2. The van der Waals surface area contributed by atoms with Crippen LogP contribution >= 0.6 is 0 Å². The summed E-state index contributed by atoms with van der Waals surface area (Å²) >= 11 is 0. The number of hydrogen-bond acceptors (Lipinski definition) is 13. The molecule has 12 rings (SSSR count). The first-order valence-corrected chi connectivity index (χ1v) is 24.0. The van der Waals surface area contributed by atoms with E-state index in [1.54, 1.807) is 6.92 Å². The molecule has 0 amide bonds. The lowest BCUT2D eigenvalue weighted by molar-refractivity contribution is -0.256. The lowest BCUT2D eigenvalue weighted by Crippen LogP contribution is -2.66. The van der Waals surface area contributed by atoms with Gasteiger partial charge in [-0.2, -0.15) is 0 Å². The van der Waals surface area contributed by atoms with Crippen molar-refractivity contribution < 1.29 is 61.9 Å². The Morgan fingerprint density at radius 2 is 1.38 bits per heavy atom. The molecule has 12 aliphatic rings. The van der Waals surface area contributed by atoms with E-state index < -0.39 is 58.2 Å². The van der Waals surface area contributed by atoms with Crippen LogP contribution in [0.4, 0.5) is 0 Å². The molecular weight excluding hydrogens is 785 g/mol. The first-order valence-electron chi connectivity index (χ1n) is 24.0. The Kier molecular flexibility index (Phi) is 9.66. The maximum Gasteiger partial charge on any atom is 0.317 e. The number of cyclic esters (lactones) is 3. The van der Waals surface area contributed by atoms with Gasteiger partial charge in [0.1, 0.15) is 5.60 Å². The highest BCUT2D eigenvalue weighted by Crippen LogP contribution is 2.71. The third-order valence-electron chi connectivity index (χ3n) is 19.2. The maximum absolute atomic E-state index is 16.0. The van der Waals surface area contributed by atoms with Crippen molar-refractivity contribution in [1.29, 1.82) is 0 Å². The van der Waals surface area contributed by atoms with E-state index >= 15 is 4.79 Å². The van der Waals surface area contributed by atoms with Gasteiger partial charge in [0.2, 0.25) is 12.6 Å². The van der Waals surface area contributed by atoms with Crippen LogP contribution < -0.4 is 0 Å². The molecule has 8 saturated carbocycles. The first-order chi connectivity index (χ1) is 29.2. The second-order valence-corrected chi connectivity index (χ2v) is 22.6. The molecule has 0 N–H and O–H groups in total. The molecule has 12 fully saturated rings. The lowest BCUT2D eigenvalue weighted by Gasteiger charge is -2.63. The molecule has 0 aromatic heterocycles. The van der Waals surface area contributed by atoms with Gasteiger partial charge in [-0.1, -0.05) is 13.8 Å². The largest absolute Gasteiger partial charge is 0.465 e. The average Bonchev–Trinajstić information content (AvgIpc) is 4.09. The summed E-state index contributed by atoms with van der Waals surface area (Å²) in [6.45, 7) is 7.53. The van der Waals surface area contributed by atoms with Crippen LogP contribution in [0.15, 0.2) is 0 Å². The zero-order valence-corrected chi connectivity index (χ0v) is 36.1. The van der Waals surface area contributed by atoms with Crippen molar-refractivity contribution in [1.82, 2.24) is 0 Å². The number of fused-ring (bicyclic) bond motifs is 7. The molecule has 61 heavy (non-hydrogen) atoms. The average molecular weight is 849 g/mol. The van der Waals surface area contributed by atoms with E-state index in [1.165, 1.54) is 0 Å². The van der Waals surface area contributed by atoms with E-state index in [0.29, 0.717) is 58.3 Å². The van der Waals surface area contributed by atoms with Gasteiger partial charge in [0.25, 0.3) is 0 Å². The van der Waals surface area contributed by atoms with Crippen molar-refractivity contribution in [2.75, 3.05) is 19.8 Å². The van der Waals surface area contributed by atoms with E-state index in [0.717, 1.165) is 51.4 Å². The second-order valence-electron chi connectivity index (χ2n) is 22.6. The zero-order valence-electron chi connectivity index (χ0n) is 36.1. The molecule has 13 nitrogen and oxygen atoms in total. The topological polar surface area (TPSA) is 167 Å². The monoisotopic (exact) mass is 848 g/mol. The number of rotatable bonds is 10. The van der Waals surface area contributed by atoms with Gasteiger partial charge in [0.15, 0.2) is 0 Å². The normalized spacial score (nSPS) is 50.0. The molecule has 4 saturated heterocycles. The van der Waals surface area contributed by atoms with E-state index in [-0.39, 0.29) is 108 Å². The summed E-state index contributed by atoms with van der Waals surface area (Å²) in [7, 11) is 0. The smallest absolute Gasteiger partial charge is 0.317 e. The summed E-state index contributed by atoms with van der Waals surface area (Å²) in [5.41, 5.74) is -4.33. The van der Waals surface area contributed by atoms with E-state index in [9.17, 15) is 24.0 Å². The van der Waals surface area contributed by atoms with Crippen LogP contribution in [0.1, 0.15) is 130 Å².